The molecule has 0 saturated carbocycles. The molecule has 108 valence electrons. The lowest BCUT2D eigenvalue weighted by molar-refractivity contribution is -0.132. The highest BCUT2D eigenvalue weighted by Gasteiger charge is 2.14. The molecule has 0 saturated heterocycles. The maximum absolute atomic E-state index is 11.8. The summed E-state index contributed by atoms with van der Waals surface area (Å²) < 4.78 is 0. The molecule has 0 atom stereocenters. The zero-order chi connectivity index (χ0) is 15.4. The molecule has 0 spiro atoms. The molecule has 0 fully saturated rings. The first-order valence-electron chi connectivity index (χ1n) is 5.88. The first-order valence-corrected chi connectivity index (χ1v) is 6.64. The zero-order valence-corrected chi connectivity index (χ0v) is 12.2. The lowest BCUT2D eigenvalue weighted by atomic mass is 10.3. The predicted molar refractivity (Wildman–Crippen MR) is 84.6 cm³/mol. The molecule has 0 radical (unpaired) electrons. The Balaban J connectivity index is 2.00. The molecule has 2 rings (SSSR count). The van der Waals surface area contributed by atoms with Gasteiger partial charge in [-0.05, 0) is 42.5 Å². The van der Waals surface area contributed by atoms with Gasteiger partial charge in [0.15, 0.2) is 0 Å². The van der Waals surface area contributed by atoms with E-state index >= 15 is 0 Å². The summed E-state index contributed by atoms with van der Waals surface area (Å²) in [4.78, 5) is 23.5. The van der Waals surface area contributed by atoms with E-state index in [4.69, 9.17) is 28.9 Å². The van der Waals surface area contributed by atoms with Gasteiger partial charge in [0.25, 0.3) is 0 Å². The SMILES string of the molecule is Nc1ccc(NC(=O)C(=O)Nc2ccc(Cl)cc2)cc1Cl. The van der Waals surface area contributed by atoms with Crippen LogP contribution < -0.4 is 16.4 Å². The molecule has 4 N–H and O–H groups in total. The summed E-state index contributed by atoms with van der Waals surface area (Å²) in [5.74, 6) is -1.61. The summed E-state index contributed by atoms with van der Waals surface area (Å²) in [6, 6.07) is 10.9. The summed E-state index contributed by atoms with van der Waals surface area (Å²) in [6.07, 6.45) is 0. The fourth-order valence-corrected chi connectivity index (χ4v) is 1.82. The van der Waals surface area contributed by atoms with Crippen LogP contribution in [0.5, 0.6) is 0 Å². The van der Waals surface area contributed by atoms with Gasteiger partial charge in [-0.15, -0.1) is 0 Å². The maximum Gasteiger partial charge on any atom is 0.314 e. The van der Waals surface area contributed by atoms with Crippen molar-refractivity contribution in [2.45, 2.75) is 0 Å². The molecule has 0 heterocycles. The van der Waals surface area contributed by atoms with Gasteiger partial charge >= 0.3 is 11.8 Å². The summed E-state index contributed by atoms with van der Waals surface area (Å²) in [5.41, 5.74) is 6.80. The minimum atomic E-state index is -0.814. The number of rotatable bonds is 2. The van der Waals surface area contributed by atoms with Crippen molar-refractivity contribution in [2.24, 2.45) is 0 Å². The van der Waals surface area contributed by atoms with Gasteiger partial charge in [0.2, 0.25) is 0 Å². The number of hydrogen-bond acceptors (Lipinski definition) is 3. The zero-order valence-electron chi connectivity index (χ0n) is 10.7. The van der Waals surface area contributed by atoms with Crippen LogP contribution in [0.4, 0.5) is 17.1 Å². The van der Waals surface area contributed by atoms with Crippen molar-refractivity contribution in [3.63, 3.8) is 0 Å². The Labute approximate surface area is 131 Å². The summed E-state index contributed by atoms with van der Waals surface area (Å²) in [5, 5.41) is 5.71. The van der Waals surface area contributed by atoms with Gasteiger partial charge in [-0.25, -0.2) is 0 Å². The number of nitrogen functional groups attached to an aromatic ring is 1. The number of amides is 2. The minimum Gasteiger partial charge on any atom is -0.398 e. The molecule has 2 aromatic carbocycles. The Morgan fingerprint density at radius 3 is 1.95 bits per heavy atom. The molecule has 0 aromatic heterocycles. The second-order valence-corrected chi connectivity index (χ2v) is 5.00. The van der Waals surface area contributed by atoms with Crippen LogP contribution in [-0.2, 0) is 9.59 Å². The molecule has 0 bridgehead atoms. The molecular weight excluding hydrogens is 313 g/mol. The average molecular weight is 324 g/mol. The molecule has 5 nitrogen and oxygen atoms in total. The van der Waals surface area contributed by atoms with Gasteiger partial charge in [-0.1, -0.05) is 23.2 Å². The molecule has 7 heteroatoms. The molecule has 21 heavy (non-hydrogen) atoms. The third-order valence-corrected chi connectivity index (χ3v) is 3.15. The van der Waals surface area contributed by atoms with Crippen molar-refractivity contribution in [3.8, 4) is 0 Å². The van der Waals surface area contributed by atoms with Crippen LogP contribution >= 0.6 is 23.2 Å². The van der Waals surface area contributed by atoms with Crippen LogP contribution in [0.25, 0.3) is 0 Å². The molecular formula is C14H11Cl2N3O2. The smallest absolute Gasteiger partial charge is 0.314 e. The molecule has 2 amide bonds. The molecule has 0 aliphatic rings. The first kappa shape index (κ1) is 15.2. The molecule has 0 aliphatic heterocycles. The van der Waals surface area contributed by atoms with Gasteiger partial charge < -0.3 is 16.4 Å². The van der Waals surface area contributed by atoms with E-state index in [1.807, 2.05) is 0 Å². The van der Waals surface area contributed by atoms with Gasteiger partial charge in [-0.3, -0.25) is 9.59 Å². The van der Waals surface area contributed by atoms with Crippen molar-refractivity contribution < 1.29 is 9.59 Å². The van der Waals surface area contributed by atoms with Crippen molar-refractivity contribution in [1.82, 2.24) is 0 Å². The van der Waals surface area contributed by atoms with E-state index in [-0.39, 0.29) is 0 Å². The second-order valence-electron chi connectivity index (χ2n) is 4.15. The van der Waals surface area contributed by atoms with E-state index in [2.05, 4.69) is 10.6 Å². The number of benzene rings is 2. The predicted octanol–water partition coefficient (Wildman–Crippen LogP) is 3.15. The lowest BCUT2D eigenvalue weighted by Gasteiger charge is -2.07. The van der Waals surface area contributed by atoms with Gasteiger partial charge in [0.05, 0.1) is 10.7 Å². The van der Waals surface area contributed by atoms with Crippen molar-refractivity contribution >= 4 is 52.1 Å². The maximum atomic E-state index is 11.8. The Bertz CT molecular complexity index is 687. The topological polar surface area (TPSA) is 84.2 Å². The fourth-order valence-electron chi connectivity index (χ4n) is 1.51. The summed E-state index contributed by atoms with van der Waals surface area (Å²) in [6.45, 7) is 0. The van der Waals surface area contributed by atoms with Crippen LogP contribution in [0.15, 0.2) is 42.5 Å². The fraction of sp³-hybridized carbons (Fsp3) is 0. The number of hydrogen-bond donors (Lipinski definition) is 3. The monoisotopic (exact) mass is 323 g/mol. The normalized spacial score (nSPS) is 10.0. The molecule has 0 unspecified atom stereocenters. The summed E-state index contributed by atoms with van der Waals surface area (Å²) >= 11 is 11.6. The highest BCUT2D eigenvalue weighted by atomic mass is 35.5. The van der Waals surface area contributed by atoms with Crippen LogP contribution in [0.2, 0.25) is 10.0 Å². The van der Waals surface area contributed by atoms with Crippen LogP contribution in [-0.4, -0.2) is 11.8 Å². The van der Waals surface area contributed by atoms with E-state index in [1.54, 1.807) is 30.3 Å². The van der Waals surface area contributed by atoms with Gasteiger partial charge in [0, 0.05) is 16.4 Å². The standard InChI is InChI=1S/C14H11Cl2N3O2/c15-8-1-3-9(4-2-8)18-13(20)14(21)19-10-5-6-12(17)11(16)7-10/h1-7H,17H2,(H,18,20)(H,19,21). The Kier molecular flexibility index (Phi) is 4.67. The third-order valence-electron chi connectivity index (χ3n) is 2.57. The van der Waals surface area contributed by atoms with Crippen LogP contribution in [0.1, 0.15) is 0 Å². The highest BCUT2D eigenvalue weighted by molar-refractivity contribution is 6.44. The number of carbonyl (C=O) groups is 2. The Morgan fingerprint density at radius 2 is 1.38 bits per heavy atom. The van der Waals surface area contributed by atoms with Gasteiger partial charge in [-0.2, -0.15) is 0 Å². The quantitative estimate of drug-likeness (QED) is 0.586. The van der Waals surface area contributed by atoms with E-state index < -0.39 is 11.8 Å². The Morgan fingerprint density at radius 1 is 0.857 bits per heavy atom. The van der Waals surface area contributed by atoms with E-state index in [0.29, 0.717) is 27.1 Å². The summed E-state index contributed by atoms with van der Waals surface area (Å²) in [7, 11) is 0. The highest BCUT2D eigenvalue weighted by Crippen LogP contribution is 2.22. The second kappa shape index (κ2) is 6.47. The van der Waals surface area contributed by atoms with Crippen molar-refractivity contribution in [3.05, 3.63) is 52.5 Å². The first-order chi connectivity index (χ1) is 9.95. The van der Waals surface area contributed by atoms with E-state index in [1.165, 1.54) is 12.1 Å². The average Bonchev–Trinajstić information content (AvgIpc) is 2.45. The molecule has 0 aliphatic carbocycles. The number of nitrogens with one attached hydrogen (secondary N) is 2. The Hall–Kier alpha value is -2.24. The van der Waals surface area contributed by atoms with Crippen molar-refractivity contribution in [1.29, 1.82) is 0 Å². The van der Waals surface area contributed by atoms with Crippen LogP contribution in [0, 0.1) is 0 Å². The lowest BCUT2D eigenvalue weighted by Crippen LogP contribution is -2.29. The van der Waals surface area contributed by atoms with Gasteiger partial charge in [0.1, 0.15) is 0 Å². The van der Waals surface area contributed by atoms with E-state index in [0.717, 1.165) is 0 Å². The number of anilines is 3. The third kappa shape index (κ3) is 4.11. The number of halogens is 2. The van der Waals surface area contributed by atoms with E-state index in [9.17, 15) is 9.59 Å². The molecule has 2 aromatic rings. The largest absolute Gasteiger partial charge is 0.398 e. The minimum absolute atomic E-state index is 0.297. The number of nitrogens with two attached hydrogens (primary N) is 1. The van der Waals surface area contributed by atoms with Crippen molar-refractivity contribution in [2.75, 3.05) is 16.4 Å². The number of carbonyl (C=O) groups excluding carboxylic acids is 2. The van der Waals surface area contributed by atoms with Crippen LogP contribution in [0.3, 0.4) is 0 Å².